The summed E-state index contributed by atoms with van der Waals surface area (Å²) in [5.74, 6) is 0.628. The number of imidazole rings is 1. The lowest BCUT2D eigenvalue weighted by atomic mass is 9.69. The van der Waals surface area contributed by atoms with Crippen LogP contribution in [0.3, 0.4) is 0 Å². The van der Waals surface area contributed by atoms with Crippen LogP contribution in [0.2, 0.25) is 0 Å². The van der Waals surface area contributed by atoms with Crippen molar-refractivity contribution in [1.82, 2.24) is 9.55 Å². The van der Waals surface area contributed by atoms with E-state index in [4.69, 9.17) is 4.74 Å². The maximum absolute atomic E-state index is 13.1. The van der Waals surface area contributed by atoms with Gasteiger partial charge in [0.1, 0.15) is 5.60 Å². The molecule has 0 aliphatic heterocycles. The van der Waals surface area contributed by atoms with E-state index in [1.165, 1.54) is 0 Å². The van der Waals surface area contributed by atoms with Gasteiger partial charge < -0.3 is 9.30 Å². The van der Waals surface area contributed by atoms with Gasteiger partial charge in [0.15, 0.2) is 5.82 Å². The number of ether oxygens (including phenoxy) is 1. The summed E-state index contributed by atoms with van der Waals surface area (Å²) < 4.78 is 7.94. The van der Waals surface area contributed by atoms with Gasteiger partial charge in [-0.05, 0) is 44.4 Å². The van der Waals surface area contributed by atoms with Crippen molar-refractivity contribution in [3.8, 4) is 0 Å². The molecule has 0 saturated heterocycles. The average molecular weight is 292 g/mol. The Balaban J connectivity index is 2.25. The van der Waals surface area contributed by atoms with Crippen LogP contribution >= 0.6 is 0 Å². The van der Waals surface area contributed by atoms with Crippen LogP contribution in [0.5, 0.6) is 0 Å². The smallest absolute Gasteiger partial charge is 0.229 e. The third kappa shape index (κ3) is 3.37. The lowest BCUT2D eigenvalue weighted by molar-refractivity contribution is -0.0588. The zero-order chi connectivity index (χ0) is 15.5. The summed E-state index contributed by atoms with van der Waals surface area (Å²) in [5.41, 5.74) is -0.360. The van der Waals surface area contributed by atoms with E-state index in [0.717, 1.165) is 38.6 Å². The van der Waals surface area contributed by atoms with Gasteiger partial charge in [0, 0.05) is 25.5 Å². The molecule has 1 saturated carbocycles. The van der Waals surface area contributed by atoms with Gasteiger partial charge in [0.25, 0.3) is 0 Å². The maximum atomic E-state index is 13.1. The fourth-order valence-electron chi connectivity index (χ4n) is 3.19. The van der Waals surface area contributed by atoms with Gasteiger partial charge in [-0.15, -0.1) is 0 Å². The topological polar surface area (TPSA) is 44.1 Å². The predicted molar refractivity (Wildman–Crippen MR) is 83.5 cm³/mol. The largest absolute Gasteiger partial charge is 0.367 e. The summed E-state index contributed by atoms with van der Waals surface area (Å²) in [6, 6.07) is 0. The van der Waals surface area contributed by atoms with Gasteiger partial charge in [0.05, 0.1) is 0 Å². The van der Waals surface area contributed by atoms with Crippen molar-refractivity contribution in [3.63, 3.8) is 0 Å². The predicted octanol–water partition coefficient (Wildman–Crippen LogP) is 3.85. The normalized spacial score (nSPS) is 20.4. The highest BCUT2D eigenvalue weighted by Crippen LogP contribution is 2.43. The third-order valence-electron chi connectivity index (χ3n) is 4.63. The lowest BCUT2D eigenvalue weighted by Crippen LogP contribution is -2.47. The first kappa shape index (κ1) is 16.2. The van der Waals surface area contributed by atoms with Gasteiger partial charge in [-0.2, -0.15) is 0 Å². The molecule has 2 rings (SSSR count). The van der Waals surface area contributed by atoms with Crippen LogP contribution in [0.15, 0.2) is 12.4 Å². The molecule has 4 heteroatoms. The van der Waals surface area contributed by atoms with Crippen LogP contribution in [-0.4, -0.2) is 27.5 Å². The van der Waals surface area contributed by atoms with Gasteiger partial charge in [-0.3, -0.25) is 4.79 Å². The molecule has 0 bridgehead atoms. The SMILES string of the molecule is CCCn1ccnc1C(=O)C1(OCC)CCC(C)(C)CC1. The Bertz CT molecular complexity index is 481. The first-order valence-corrected chi connectivity index (χ1v) is 8.14. The molecule has 0 spiro atoms. The summed E-state index contributed by atoms with van der Waals surface area (Å²) >= 11 is 0. The number of rotatable bonds is 6. The lowest BCUT2D eigenvalue weighted by Gasteiger charge is -2.41. The molecule has 0 aromatic carbocycles. The van der Waals surface area contributed by atoms with Crippen molar-refractivity contribution in [1.29, 1.82) is 0 Å². The van der Waals surface area contributed by atoms with Crippen LogP contribution in [0, 0.1) is 5.41 Å². The Labute approximate surface area is 127 Å². The minimum atomic E-state index is -0.666. The van der Waals surface area contributed by atoms with Crippen LogP contribution in [0.4, 0.5) is 0 Å². The molecular weight excluding hydrogens is 264 g/mol. The zero-order valence-electron chi connectivity index (χ0n) is 13.8. The maximum Gasteiger partial charge on any atom is 0.229 e. The molecule has 1 heterocycles. The number of carbonyl (C=O) groups excluding carboxylic acids is 1. The standard InChI is InChI=1S/C17H28N2O2/c1-5-12-19-13-11-18-15(19)14(20)17(21-6-2)9-7-16(3,4)8-10-17/h11,13H,5-10,12H2,1-4H3. The summed E-state index contributed by atoms with van der Waals surface area (Å²) in [5, 5.41) is 0. The first-order valence-electron chi connectivity index (χ1n) is 8.14. The van der Waals surface area contributed by atoms with E-state index in [9.17, 15) is 4.79 Å². The number of hydrogen-bond acceptors (Lipinski definition) is 3. The highest BCUT2D eigenvalue weighted by atomic mass is 16.5. The van der Waals surface area contributed by atoms with Crippen molar-refractivity contribution in [2.24, 2.45) is 5.41 Å². The van der Waals surface area contributed by atoms with Gasteiger partial charge in [-0.25, -0.2) is 4.98 Å². The minimum absolute atomic E-state index is 0.0679. The van der Waals surface area contributed by atoms with E-state index in [1.807, 2.05) is 17.7 Å². The van der Waals surface area contributed by atoms with E-state index in [-0.39, 0.29) is 5.78 Å². The van der Waals surface area contributed by atoms with Crippen LogP contribution in [-0.2, 0) is 11.3 Å². The Kier molecular flexibility index (Phi) is 4.87. The Morgan fingerprint density at radius 2 is 1.95 bits per heavy atom. The number of aromatic nitrogens is 2. The number of carbonyl (C=O) groups is 1. The quantitative estimate of drug-likeness (QED) is 0.748. The van der Waals surface area contributed by atoms with E-state index >= 15 is 0 Å². The summed E-state index contributed by atoms with van der Waals surface area (Å²) in [4.78, 5) is 17.4. The second kappa shape index (κ2) is 6.30. The molecule has 1 fully saturated rings. The van der Waals surface area contributed by atoms with Crippen molar-refractivity contribution in [2.45, 2.75) is 71.9 Å². The highest BCUT2D eigenvalue weighted by molar-refractivity contribution is 5.99. The van der Waals surface area contributed by atoms with Crippen LogP contribution in [0.1, 0.15) is 70.4 Å². The number of ketones is 1. The van der Waals surface area contributed by atoms with Crippen LogP contribution in [0.25, 0.3) is 0 Å². The highest BCUT2D eigenvalue weighted by Gasteiger charge is 2.46. The molecule has 0 atom stereocenters. The second-order valence-corrected chi connectivity index (χ2v) is 6.86. The molecule has 118 valence electrons. The van der Waals surface area contributed by atoms with Crippen LogP contribution < -0.4 is 0 Å². The zero-order valence-corrected chi connectivity index (χ0v) is 13.8. The molecule has 0 radical (unpaired) electrons. The fourth-order valence-corrected chi connectivity index (χ4v) is 3.19. The molecule has 0 N–H and O–H groups in total. The monoisotopic (exact) mass is 292 g/mol. The van der Waals surface area contributed by atoms with Crippen molar-refractivity contribution in [2.75, 3.05) is 6.61 Å². The van der Waals surface area contributed by atoms with E-state index < -0.39 is 5.60 Å². The Hall–Kier alpha value is -1.16. The third-order valence-corrected chi connectivity index (χ3v) is 4.63. The molecule has 0 unspecified atom stereocenters. The first-order chi connectivity index (χ1) is 9.94. The summed E-state index contributed by atoms with van der Waals surface area (Å²) in [6.07, 6.45) is 8.24. The summed E-state index contributed by atoms with van der Waals surface area (Å²) in [6.45, 7) is 10.0. The number of aryl methyl sites for hydroxylation is 1. The summed E-state index contributed by atoms with van der Waals surface area (Å²) in [7, 11) is 0. The molecule has 21 heavy (non-hydrogen) atoms. The van der Waals surface area contributed by atoms with Gasteiger partial charge in [0.2, 0.25) is 5.78 Å². The number of hydrogen-bond donors (Lipinski definition) is 0. The van der Waals surface area contributed by atoms with Gasteiger partial charge >= 0.3 is 0 Å². The fraction of sp³-hybridized carbons (Fsp3) is 0.765. The van der Waals surface area contributed by atoms with Crippen molar-refractivity contribution < 1.29 is 9.53 Å². The molecule has 1 aliphatic rings. The molecule has 1 aliphatic carbocycles. The van der Waals surface area contributed by atoms with Crippen molar-refractivity contribution in [3.05, 3.63) is 18.2 Å². The minimum Gasteiger partial charge on any atom is -0.367 e. The Morgan fingerprint density at radius 1 is 1.29 bits per heavy atom. The molecule has 1 aromatic heterocycles. The average Bonchev–Trinajstić information content (AvgIpc) is 2.89. The van der Waals surface area contributed by atoms with Crippen molar-refractivity contribution >= 4 is 5.78 Å². The number of Topliss-reactive ketones (excluding diaryl/α,β-unsaturated/α-hetero) is 1. The number of nitrogens with zero attached hydrogens (tertiary/aromatic N) is 2. The van der Waals surface area contributed by atoms with Gasteiger partial charge in [-0.1, -0.05) is 20.8 Å². The molecule has 0 amide bonds. The second-order valence-electron chi connectivity index (χ2n) is 6.86. The molecular formula is C17H28N2O2. The van der Waals surface area contributed by atoms with E-state index in [1.54, 1.807) is 6.20 Å². The molecule has 4 nitrogen and oxygen atoms in total. The molecule has 1 aromatic rings. The Morgan fingerprint density at radius 3 is 2.52 bits per heavy atom. The van der Waals surface area contributed by atoms with E-state index in [0.29, 0.717) is 17.8 Å². The van der Waals surface area contributed by atoms with E-state index in [2.05, 4.69) is 25.8 Å².